The van der Waals surface area contributed by atoms with E-state index in [1.807, 2.05) is 13.8 Å². The quantitative estimate of drug-likeness (QED) is 0.657. The fraction of sp³-hybridized carbons (Fsp3) is 0.571. The molecule has 1 rings (SSSR count). The molecule has 0 spiro atoms. The summed E-state index contributed by atoms with van der Waals surface area (Å²) < 4.78 is 3.78. The van der Waals surface area contributed by atoms with Crippen LogP contribution in [0.3, 0.4) is 0 Å². The van der Waals surface area contributed by atoms with Gasteiger partial charge in [0.1, 0.15) is 6.04 Å². The van der Waals surface area contributed by atoms with E-state index in [0.29, 0.717) is 5.13 Å². The van der Waals surface area contributed by atoms with Gasteiger partial charge in [0.15, 0.2) is 0 Å². The van der Waals surface area contributed by atoms with Crippen LogP contribution in [-0.4, -0.2) is 21.3 Å². The first-order valence-electron chi connectivity index (χ1n) is 4.15. The highest BCUT2D eigenvalue weighted by Gasteiger charge is 2.20. The number of amides is 1. The van der Waals surface area contributed by atoms with Gasteiger partial charge in [0.2, 0.25) is 17.0 Å². The molecule has 1 aromatic heterocycles. The second-order valence-corrected chi connectivity index (χ2v) is 3.98. The van der Waals surface area contributed by atoms with Crippen molar-refractivity contribution in [3.05, 3.63) is 0 Å². The van der Waals surface area contributed by atoms with E-state index in [1.165, 1.54) is 0 Å². The third-order valence-electron chi connectivity index (χ3n) is 1.69. The number of aromatic nitrogens is 2. The van der Waals surface area contributed by atoms with Gasteiger partial charge in [-0.25, -0.2) is 0 Å². The molecule has 78 valence electrons. The molecule has 0 aromatic carbocycles. The van der Waals surface area contributed by atoms with Gasteiger partial charge < -0.3 is 16.8 Å². The molecular weight excluding hydrogens is 202 g/mol. The van der Waals surface area contributed by atoms with E-state index in [-0.39, 0.29) is 11.9 Å². The standard InChI is InChI=1S/C7H13N5OS/c1-3(2)4(5(8)13)10-7-11-6(9)12-14-7/h3-4H,1-2H3,(H2,8,13)(H3,9,10,11,12). The van der Waals surface area contributed by atoms with E-state index in [0.717, 1.165) is 11.5 Å². The second-order valence-electron chi connectivity index (χ2n) is 3.23. The summed E-state index contributed by atoms with van der Waals surface area (Å²) in [5.41, 5.74) is 10.6. The maximum Gasteiger partial charge on any atom is 0.240 e. The molecule has 1 aromatic rings. The number of carbonyl (C=O) groups is 1. The lowest BCUT2D eigenvalue weighted by atomic mass is 10.0. The minimum atomic E-state index is -0.442. The van der Waals surface area contributed by atoms with Gasteiger partial charge in [-0.3, -0.25) is 4.79 Å². The molecule has 5 N–H and O–H groups in total. The van der Waals surface area contributed by atoms with Gasteiger partial charge in [-0.15, -0.1) is 0 Å². The Hall–Kier alpha value is -1.37. The van der Waals surface area contributed by atoms with Crippen LogP contribution in [0.4, 0.5) is 11.1 Å². The summed E-state index contributed by atoms with van der Waals surface area (Å²) in [4.78, 5) is 14.9. The smallest absolute Gasteiger partial charge is 0.240 e. The van der Waals surface area contributed by atoms with Crippen molar-refractivity contribution >= 4 is 28.5 Å². The number of hydrogen-bond acceptors (Lipinski definition) is 6. The maximum atomic E-state index is 11.0. The lowest BCUT2D eigenvalue weighted by Gasteiger charge is -2.17. The van der Waals surface area contributed by atoms with Crippen molar-refractivity contribution in [1.29, 1.82) is 0 Å². The van der Waals surface area contributed by atoms with Crippen molar-refractivity contribution in [1.82, 2.24) is 9.36 Å². The zero-order valence-electron chi connectivity index (χ0n) is 8.02. The molecule has 7 heteroatoms. The Morgan fingerprint density at radius 1 is 1.57 bits per heavy atom. The Bertz CT molecular complexity index is 324. The van der Waals surface area contributed by atoms with Gasteiger partial charge >= 0.3 is 0 Å². The average molecular weight is 215 g/mol. The van der Waals surface area contributed by atoms with Crippen LogP contribution in [0.15, 0.2) is 0 Å². The fourth-order valence-electron chi connectivity index (χ4n) is 0.993. The minimum Gasteiger partial charge on any atom is -0.368 e. The summed E-state index contributed by atoms with van der Waals surface area (Å²) in [5, 5.41) is 3.40. The van der Waals surface area contributed by atoms with Crippen molar-refractivity contribution in [3.8, 4) is 0 Å². The molecule has 0 saturated heterocycles. The van der Waals surface area contributed by atoms with Gasteiger partial charge in [-0.2, -0.15) is 9.36 Å². The zero-order valence-corrected chi connectivity index (χ0v) is 8.84. The van der Waals surface area contributed by atoms with Crippen molar-refractivity contribution < 1.29 is 4.79 Å². The normalized spacial score (nSPS) is 12.8. The number of rotatable bonds is 4. The monoisotopic (exact) mass is 215 g/mol. The van der Waals surface area contributed by atoms with Crippen LogP contribution < -0.4 is 16.8 Å². The SMILES string of the molecule is CC(C)C(Nc1nc(N)ns1)C(N)=O. The average Bonchev–Trinajstić information content (AvgIpc) is 2.46. The van der Waals surface area contributed by atoms with Crippen molar-refractivity contribution in [2.45, 2.75) is 19.9 Å². The van der Waals surface area contributed by atoms with Crippen molar-refractivity contribution in [3.63, 3.8) is 0 Å². The molecule has 0 radical (unpaired) electrons. The fourth-order valence-corrected chi connectivity index (χ4v) is 1.53. The largest absolute Gasteiger partial charge is 0.368 e. The molecule has 0 fully saturated rings. The molecule has 6 nitrogen and oxygen atoms in total. The second kappa shape index (κ2) is 4.23. The molecule has 1 amide bonds. The van der Waals surface area contributed by atoms with Crippen LogP contribution in [0.5, 0.6) is 0 Å². The highest BCUT2D eigenvalue weighted by molar-refractivity contribution is 7.09. The molecule has 0 aliphatic carbocycles. The van der Waals surface area contributed by atoms with Gasteiger partial charge in [0.05, 0.1) is 0 Å². The molecule has 0 saturated carbocycles. The summed E-state index contributed by atoms with van der Waals surface area (Å²) in [6.07, 6.45) is 0. The zero-order chi connectivity index (χ0) is 10.7. The Kier molecular flexibility index (Phi) is 3.23. The summed E-state index contributed by atoms with van der Waals surface area (Å²) in [7, 11) is 0. The van der Waals surface area contributed by atoms with Crippen molar-refractivity contribution in [2.75, 3.05) is 11.1 Å². The lowest BCUT2D eigenvalue weighted by molar-refractivity contribution is -0.119. The summed E-state index contributed by atoms with van der Waals surface area (Å²) in [5.74, 6) is -0.115. The third-order valence-corrected chi connectivity index (χ3v) is 2.35. The van der Waals surface area contributed by atoms with Gasteiger partial charge in [-0.05, 0) is 5.92 Å². The number of nitrogens with two attached hydrogens (primary N) is 2. The highest BCUT2D eigenvalue weighted by atomic mass is 32.1. The summed E-state index contributed by atoms with van der Waals surface area (Å²) in [6.45, 7) is 3.79. The van der Waals surface area contributed by atoms with Gasteiger partial charge in [-0.1, -0.05) is 13.8 Å². The molecule has 14 heavy (non-hydrogen) atoms. The number of carbonyl (C=O) groups excluding carboxylic acids is 1. The highest BCUT2D eigenvalue weighted by Crippen LogP contribution is 2.15. The minimum absolute atomic E-state index is 0.0950. The number of nitrogens with zero attached hydrogens (tertiary/aromatic N) is 2. The van der Waals surface area contributed by atoms with Crippen LogP contribution >= 0.6 is 11.5 Å². The lowest BCUT2D eigenvalue weighted by Crippen LogP contribution is -2.39. The molecule has 0 aliphatic heterocycles. The van der Waals surface area contributed by atoms with Crippen LogP contribution in [0.25, 0.3) is 0 Å². The summed E-state index contributed by atoms with van der Waals surface area (Å²) in [6, 6.07) is -0.442. The van der Waals surface area contributed by atoms with E-state index in [2.05, 4.69) is 14.7 Å². The molecule has 1 heterocycles. The predicted octanol–water partition coefficient (Wildman–Crippen LogP) is 0.0421. The van der Waals surface area contributed by atoms with Crippen LogP contribution in [0, 0.1) is 5.92 Å². The topological polar surface area (TPSA) is 107 Å². The van der Waals surface area contributed by atoms with Gasteiger partial charge in [0, 0.05) is 11.5 Å². The van der Waals surface area contributed by atoms with E-state index >= 15 is 0 Å². The molecule has 1 unspecified atom stereocenters. The van der Waals surface area contributed by atoms with E-state index in [4.69, 9.17) is 11.5 Å². The Balaban J connectivity index is 2.69. The third kappa shape index (κ3) is 2.56. The number of anilines is 2. The molecule has 0 bridgehead atoms. The Labute approximate surface area is 85.9 Å². The van der Waals surface area contributed by atoms with Crippen LogP contribution in [-0.2, 0) is 4.79 Å². The van der Waals surface area contributed by atoms with E-state index in [9.17, 15) is 4.79 Å². The predicted molar refractivity (Wildman–Crippen MR) is 55.8 cm³/mol. The number of nitrogens with one attached hydrogen (secondary N) is 1. The first kappa shape index (κ1) is 10.7. The van der Waals surface area contributed by atoms with E-state index < -0.39 is 11.9 Å². The molecule has 1 atom stereocenters. The van der Waals surface area contributed by atoms with Gasteiger partial charge in [0.25, 0.3) is 0 Å². The van der Waals surface area contributed by atoms with E-state index in [1.54, 1.807) is 0 Å². The summed E-state index contributed by atoms with van der Waals surface area (Å²) >= 11 is 1.11. The van der Waals surface area contributed by atoms with Crippen LogP contribution in [0.1, 0.15) is 13.8 Å². The molecular formula is C7H13N5OS. The number of nitrogen functional groups attached to an aromatic ring is 1. The Morgan fingerprint density at radius 2 is 2.21 bits per heavy atom. The first-order valence-corrected chi connectivity index (χ1v) is 4.93. The maximum absolute atomic E-state index is 11.0. The Morgan fingerprint density at radius 3 is 2.57 bits per heavy atom. The van der Waals surface area contributed by atoms with Crippen molar-refractivity contribution in [2.24, 2.45) is 11.7 Å². The molecule has 0 aliphatic rings. The number of hydrogen-bond donors (Lipinski definition) is 3. The van der Waals surface area contributed by atoms with Crippen LogP contribution in [0.2, 0.25) is 0 Å². The number of primary amides is 1. The first-order chi connectivity index (χ1) is 6.50.